The number of rotatable bonds is 2. The maximum Gasteiger partial charge on any atom is 0.122 e. The summed E-state index contributed by atoms with van der Waals surface area (Å²) in [6.45, 7) is 0. The van der Waals surface area contributed by atoms with Crippen molar-refractivity contribution in [2.45, 2.75) is 0 Å². The quantitative estimate of drug-likeness (QED) is 0.641. The highest BCUT2D eigenvalue weighted by Crippen LogP contribution is 2.23. The van der Waals surface area contributed by atoms with E-state index in [1.54, 1.807) is 12.1 Å². The molecule has 0 atom stereocenters. The molecule has 0 spiro atoms. The molecule has 79 valence electrons. The summed E-state index contributed by atoms with van der Waals surface area (Å²) in [6.07, 6.45) is 0. The minimum absolute atomic E-state index is 0.0743. The first-order valence-electron chi connectivity index (χ1n) is 4.79. The molecule has 0 fully saturated rings. The first kappa shape index (κ1) is 10.9. The first-order valence-corrected chi connectivity index (χ1v) is 5.58. The molecule has 1 radical (unpaired) electrons. The Labute approximate surface area is 103 Å². The summed E-state index contributed by atoms with van der Waals surface area (Å²) in [5.41, 5.74) is 8.16. The Morgan fingerprint density at radius 3 is 2.75 bits per heavy atom. The summed E-state index contributed by atoms with van der Waals surface area (Å²) in [7, 11) is 0. The van der Waals surface area contributed by atoms with Gasteiger partial charge in [-0.2, -0.15) is 0 Å². The molecule has 3 heteroatoms. The summed E-state index contributed by atoms with van der Waals surface area (Å²) >= 11 is 3.43. The number of hydrogen-bond acceptors (Lipinski definition) is 1. The minimum Gasteiger partial charge on any atom is -0.384 e. The van der Waals surface area contributed by atoms with Crippen LogP contribution < -0.4 is 5.73 Å². The Kier molecular flexibility index (Phi) is 3.06. The number of benzene rings is 2. The molecule has 16 heavy (non-hydrogen) atoms. The van der Waals surface area contributed by atoms with E-state index in [1.165, 1.54) is 0 Å². The van der Waals surface area contributed by atoms with Crippen LogP contribution in [0.15, 0.2) is 46.9 Å². The van der Waals surface area contributed by atoms with Crippen molar-refractivity contribution in [1.82, 2.24) is 0 Å². The first-order chi connectivity index (χ1) is 7.66. The largest absolute Gasteiger partial charge is 0.384 e. The van der Waals surface area contributed by atoms with Crippen molar-refractivity contribution >= 4 is 21.8 Å². The number of nitrogens with one attached hydrogen (secondary N) is 1. The van der Waals surface area contributed by atoms with Crippen LogP contribution in [-0.4, -0.2) is 5.84 Å². The van der Waals surface area contributed by atoms with Crippen molar-refractivity contribution in [3.63, 3.8) is 0 Å². The standard InChI is InChI=1S/C13H10BrN2/c14-12-6-2-4-10(8-12)9-3-1-5-11(7-9)13(15)16/h1-2,4-8H,(H3,15,16). The van der Waals surface area contributed by atoms with Crippen molar-refractivity contribution in [1.29, 1.82) is 5.41 Å². The van der Waals surface area contributed by atoms with Crippen LogP contribution in [0.5, 0.6) is 0 Å². The lowest BCUT2D eigenvalue weighted by atomic mass is 10.0. The summed E-state index contributed by atoms with van der Waals surface area (Å²) in [5.74, 6) is 0.0743. The topological polar surface area (TPSA) is 49.9 Å². The van der Waals surface area contributed by atoms with Gasteiger partial charge in [0.1, 0.15) is 5.84 Å². The van der Waals surface area contributed by atoms with Crippen molar-refractivity contribution in [2.75, 3.05) is 0 Å². The van der Waals surface area contributed by atoms with Crippen molar-refractivity contribution in [2.24, 2.45) is 5.73 Å². The zero-order valence-corrected chi connectivity index (χ0v) is 10.1. The summed E-state index contributed by atoms with van der Waals surface area (Å²) in [4.78, 5) is 0. The monoisotopic (exact) mass is 273 g/mol. The third-order valence-corrected chi connectivity index (χ3v) is 2.74. The number of nitrogens with two attached hydrogens (primary N) is 1. The molecule has 3 N–H and O–H groups in total. The van der Waals surface area contributed by atoms with E-state index >= 15 is 0 Å². The van der Waals surface area contributed by atoms with Crippen LogP contribution in [0.3, 0.4) is 0 Å². The average molecular weight is 274 g/mol. The van der Waals surface area contributed by atoms with E-state index in [4.69, 9.17) is 11.1 Å². The Balaban J connectivity index is 2.48. The maximum absolute atomic E-state index is 7.39. The van der Waals surface area contributed by atoms with Gasteiger partial charge in [-0.05, 0) is 35.4 Å². The number of hydrogen-bond donors (Lipinski definition) is 2. The SMILES string of the molecule is N=C(N)c1cc[c]c(-c2cccc(Br)c2)c1. The summed E-state index contributed by atoms with van der Waals surface area (Å²) in [6, 6.07) is 16.5. The zero-order valence-electron chi connectivity index (χ0n) is 8.50. The lowest BCUT2D eigenvalue weighted by Crippen LogP contribution is -2.10. The Morgan fingerprint density at radius 2 is 2.06 bits per heavy atom. The summed E-state index contributed by atoms with van der Waals surface area (Å²) < 4.78 is 1.02. The fourth-order valence-corrected chi connectivity index (χ4v) is 1.86. The highest BCUT2D eigenvalue weighted by molar-refractivity contribution is 9.10. The molecule has 0 unspecified atom stereocenters. The van der Waals surface area contributed by atoms with Crippen LogP contribution in [0, 0.1) is 11.5 Å². The van der Waals surface area contributed by atoms with Crippen LogP contribution in [0.25, 0.3) is 11.1 Å². The highest BCUT2D eigenvalue weighted by atomic mass is 79.9. The maximum atomic E-state index is 7.39. The van der Waals surface area contributed by atoms with Gasteiger partial charge >= 0.3 is 0 Å². The molecule has 0 aromatic heterocycles. The van der Waals surface area contributed by atoms with E-state index in [0.717, 1.165) is 15.6 Å². The van der Waals surface area contributed by atoms with E-state index in [9.17, 15) is 0 Å². The molecule has 0 heterocycles. The molecule has 2 nitrogen and oxygen atoms in total. The van der Waals surface area contributed by atoms with Gasteiger partial charge in [-0.15, -0.1) is 0 Å². The molecular formula is C13H10BrN2. The lowest BCUT2D eigenvalue weighted by Gasteiger charge is -2.04. The van der Waals surface area contributed by atoms with Gasteiger partial charge in [0.15, 0.2) is 0 Å². The van der Waals surface area contributed by atoms with Gasteiger partial charge in [-0.3, -0.25) is 5.41 Å². The molecule has 0 aliphatic carbocycles. The van der Waals surface area contributed by atoms with Gasteiger partial charge in [-0.25, -0.2) is 0 Å². The van der Waals surface area contributed by atoms with Gasteiger partial charge in [0.05, 0.1) is 0 Å². The van der Waals surface area contributed by atoms with Crippen LogP contribution in [0.4, 0.5) is 0 Å². The lowest BCUT2D eigenvalue weighted by molar-refractivity contribution is 1.42. The smallest absolute Gasteiger partial charge is 0.122 e. The number of halogens is 1. The van der Waals surface area contributed by atoms with Crippen LogP contribution in [0.1, 0.15) is 5.56 Å². The van der Waals surface area contributed by atoms with Crippen molar-refractivity contribution < 1.29 is 0 Å². The molecule has 2 rings (SSSR count). The second-order valence-corrected chi connectivity index (χ2v) is 4.33. The number of nitrogen functional groups attached to an aromatic ring is 1. The molecule has 0 amide bonds. The Bertz CT molecular complexity index is 535. The predicted molar refractivity (Wildman–Crippen MR) is 69.4 cm³/mol. The van der Waals surface area contributed by atoms with E-state index in [2.05, 4.69) is 22.0 Å². The van der Waals surface area contributed by atoms with Gasteiger partial charge in [0, 0.05) is 10.0 Å². The van der Waals surface area contributed by atoms with E-state index in [-0.39, 0.29) is 5.84 Å². The molecule has 0 aliphatic heterocycles. The Morgan fingerprint density at radius 1 is 1.25 bits per heavy atom. The fourth-order valence-electron chi connectivity index (χ4n) is 1.46. The Hall–Kier alpha value is -1.61. The molecule has 0 saturated carbocycles. The van der Waals surface area contributed by atoms with Gasteiger partial charge in [0.2, 0.25) is 0 Å². The molecule has 2 aromatic rings. The van der Waals surface area contributed by atoms with Gasteiger partial charge < -0.3 is 5.73 Å². The second-order valence-electron chi connectivity index (χ2n) is 3.42. The normalized spacial score (nSPS) is 10.1. The molecule has 2 aromatic carbocycles. The van der Waals surface area contributed by atoms with Crippen LogP contribution in [0.2, 0.25) is 0 Å². The predicted octanol–water partition coefficient (Wildman–Crippen LogP) is 3.20. The molecule has 0 bridgehead atoms. The van der Waals surface area contributed by atoms with Crippen LogP contribution >= 0.6 is 15.9 Å². The zero-order chi connectivity index (χ0) is 11.5. The van der Waals surface area contributed by atoms with Gasteiger partial charge in [-0.1, -0.05) is 40.2 Å². The second kappa shape index (κ2) is 4.49. The van der Waals surface area contributed by atoms with Crippen molar-refractivity contribution in [3.8, 4) is 11.1 Å². The number of amidine groups is 1. The average Bonchev–Trinajstić information content (AvgIpc) is 2.29. The van der Waals surface area contributed by atoms with E-state index in [0.29, 0.717) is 5.56 Å². The van der Waals surface area contributed by atoms with Crippen LogP contribution in [-0.2, 0) is 0 Å². The van der Waals surface area contributed by atoms with E-state index in [1.807, 2.05) is 30.3 Å². The molecule has 0 aliphatic rings. The molecule has 0 saturated heterocycles. The summed E-state index contributed by atoms with van der Waals surface area (Å²) in [5, 5.41) is 7.39. The van der Waals surface area contributed by atoms with E-state index < -0.39 is 0 Å². The van der Waals surface area contributed by atoms with Crippen molar-refractivity contribution in [3.05, 3.63) is 58.6 Å². The van der Waals surface area contributed by atoms with Gasteiger partial charge in [0.25, 0.3) is 0 Å². The highest BCUT2D eigenvalue weighted by Gasteiger charge is 2.01. The minimum atomic E-state index is 0.0743. The fraction of sp³-hybridized carbons (Fsp3) is 0. The third-order valence-electron chi connectivity index (χ3n) is 2.25. The third kappa shape index (κ3) is 2.31. The molecular weight excluding hydrogens is 264 g/mol.